The predicted molar refractivity (Wildman–Crippen MR) is 91.4 cm³/mol. The van der Waals surface area contributed by atoms with E-state index in [1.165, 1.54) is 24.3 Å². The number of carbonyl (C=O) groups is 4. The number of unbranched alkanes of at least 4 members (excludes halogenated alkanes) is 3. The lowest BCUT2D eigenvalue weighted by atomic mass is 9.92. The highest BCUT2D eigenvalue weighted by atomic mass is 16.1. The molecular formula is C20H22O4. The third kappa shape index (κ3) is 4.57. The van der Waals surface area contributed by atoms with Crippen molar-refractivity contribution < 1.29 is 19.2 Å². The van der Waals surface area contributed by atoms with Gasteiger partial charge < -0.3 is 0 Å². The van der Waals surface area contributed by atoms with E-state index in [0.29, 0.717) is 35.1 Å². The summed E-state index contributed by atoms with van der Waals surface area (Å²) in [7, 11) is 0. The molecule has 4 heteroatoms. The number of rotatable bonds is 7. The summed E-state index contributed by atoms with van der Waals surface area (Å²) in [6.07, 6.45) is 10.4. The normalized spacial score (nSPS) is 18.2. The molecule has 0 saturated heterocycles. The first-order valence-corrected chi connectivity index (χ1v) is 8.33. The van der Waals surface area contributed by atoms with E-state index >= 15 is 0 Å². The first kappa shape index (κ1) is 18.0. The van der Waals surface area contributed by atoms with E-state index in [9.17, 15) is 19.2 Å². The molecule has 0 radical (unpaired) electrons. The molecule has 0 atom stereocenters. The summed E-state index contributed by atoms with van der Waals surface area (Å²) in [6, 6.07) is 0. The molecule has 0 aromatic heterocycles. The Morgan fingerprint density at radius 1 is 0.542 bits per heavy atom. The van der Waals surface area contributed by atoms with Gasteiger partial charge in [0, 0.05) is 22.3 Å². The molecule has 0 heterocycles. The zero-order valence-corrected chi connectivity index (χ0v) is 14.2. The van der Waals surface area contributed by atoms with Crippen LogP contribution in [-0.4, -0.2) is 23.1 Å². The predicted octanol–water partition coefficient (Wildman–Crippen LogP) is 3.38. The van der Waals surface area contributed by atoms with E-state index < -0.39 is 0 Å². The molecule has 2 aliphatic rings. The fraction of sp³-hybridized carbons (Fsp3) is 0.400. The molecule has 0 fully saturated rings. The van der Waals surface area contributed by atoms with Crippen LogP contribution in [0.3, 0.4) is 0 Å². The SMILES string of the molecule is CC1=CC(=O)C(CCCCCCC2=CC(=O)C(C)=CC2=O)=CC1=O. The van der Waals surface area contributed by atoms with Crippen LogP contribution in [0.1, 0.15) is 52.4 Å². The van der Waals surface area contributed by atoms with Gasteiger partial charge in [-0.05, 0) is 63.8 Å². The summed E-state index contributed by atoms with van der Waals surface area (Å²) in [5.41, 5.74) is 2.16. The molecule has 0 bridgehead atoms. The van der Waals surface area contributed by atoms with Gasteiger partial charge in [0.15, 0.2) is 23.1 Å². The van der Waals surface area contributed by atoms with Crippen LogP contribution in [0.15, 0.2) is 46.6 Å². The van der Waals surface area contributed by atoms with Crippen LogP contribution in [0.2, 0.25) is 0 Å². The van der Waals surface area contributed by atoms with Gasteiger partial charge in [-0.3, -0.25) is 19.2 Å². The van der Waals surface area contributed by atoms with Crippen molar-refractivity contribution in [2.45, 2.75) is 52.4 Å². The Morgan fingerprint density at radius 2 is 0.917 bits per heavy atom. The fourth-order valence-electron chi connectivity index (χ4n) is 2.78. The summed E-state index contributed by atoms with van der Waals surface area (Å²) in [6.45, 7) is 3.30. The van der Waals surface area contributed by atoms with Gasteiger partial charge in [0.1, 0.15) is 0 Å². The summed E-state index contributed by atoms with van der Waals surface area (Å²) < 4.78 is 0. The molecule has 4 nitrogen and oxygen atoms in total. The first-order valence-electron chi connectivity index (χ1n) is 8.33. The van der Waals surface area contributed by atoms with Crippen LogP contribution >= 0.6 is 0 Å². The van der Waals surface area contributed by atoms with Crippen molar-refractivity contribution in [2.24, 2.45) is 0 Å². The zero-order valence-electron chi connectivity index (χ0n) is 14.2. The van der Waals surface area contributed by atoms with Crippen LogP contribution in [0.5, 0.6) is 0 Å². The molecule has 2 rings (SSSR count). The second-order valence-corrected chi connectivity index (χ2v) is 6.37. The van der Waals surface area contributed by atoms with E-state index in [0.717, 1.165) is 25.7 Å². The van der Waals surface area contributed by atoms with E-state index in [2.05, 4.69) is 0 Å². The summed E-state index contributed by atoms with van der Waals surface area (Å²) in [5.74, 6) is -0.294. The Hall–Kier alpha value is -2.36. The van der Waals surface area contributed by atoms with E-state index in [1.807, 2.05) is 0 Å². The maximum Gasteiger partial charge on any atom is 0.182 e. The van der Waals surface area contributed by atoms with Crippen LogP contribution < -0.4 is 0 Å². The van der Waals surface area contributed by atoms with Crippen molar-refractivity contribution in [3.8, 4) is 0 Å². The van der Waals surface area contributed by atoms with Gasteiger partial charge in [0.2, 0.25) is 0 Å². The second-order valence-electron chi connectivity index (χ2n) is 6.37. The summed E-state index contributed by atoms with van der Waals surface area (Å²) in [5, 5.41) is 0. The maximum atomic E-state index is 11.8. The highest BCUT2D eigenvalue weighted by molar-refractivity contribution is 6.20. The van der Waals surface area contributed by atoms with Gasteiger partial charge >= 0.3 is 0 Å². The van der Waals surface area contributed by atoms with Crippen LogP contribution in [-0.2, 0) is 19.2 Å². The van der Waals surface area contributed by atoms with Gasteiger partial charge in [-0.25, -0.2) is 0 Å². The molecule has 0 spiro atoms. The average molecular weight is 326 g/mol. The lowest BCUT2D eigenvalue weighted by Gasteiger charge is -2.10. The number of hydrogen-bond donors (Lipinski definition) is 0. The molecule has 0 unspecified atom stereocenters. The molecule has 126 valence electrons. The minimum atomic E-state index is -0.0830. The minimum absolute atomic E-state index is 0.0641. The highest BCUT2D eigenvalue weighted by Gasteiger charge is 2.18. The molecule has 2 aliphatic carbocycles. The third-order valence-corrected chi connectivity index (χ3v) is 4.36. The van der Waals surface area contributed by atoms with Gasteiger partial charge in [0.05, 0.1) is 0 Å². The molecule has 24 heavy (non-hydrogen) atoms. The average Bonchev–Trinajstić information content (AvgIpc) is 2.52. The quantitative estimate of drug-likeness (QED) is 0.531. The Morgan fingerprint density at radius 3 is 1.29 bits per heavy atom. The lowest BCUT2D eigenvalue weighted by molar-refractivity contribution is -0.115. The standard InChI is InChI=1S/C20H22O4/c1-13-9-19(23)15(11-17(13)21)7-5-3-4-6-8-16-12-18(22)14(2)10-20(16)24/h9-12H,3-8H2,1-2H3. The van der Waals surface area contributed by atoms with Crippen molar-refractivity contribution in [1.82, 2.24) is 0 Å². The van der Waals surface area contributed by atoms with Gasteiger partial charge in [-0.1, -0.05) is 12.8 Å². The molecule has 0 amide bonds. The fourth-order valence-corrected chi connectivity index (χ4v) is 2.78. The van der Waals surface area contributed by atoms with Gasteiger partial charge in [-0.15, -0.1) is 0 Å². The van der Waals surface area contributed by atoms with Crippen LogP contribution in [0.4, 0.5) is 0 Å². The number of carbonyl (C=O) groups excluding carboxylic acids is 4. The van der Waals surface area contributed by atoms with Crippen molar-refractivity contribution in [3.05, 3.63) is 46.6 Å². The highest BCUT2D eigenvalue weighted by Crippen LogP contribution is 2.20. The Bertz CT molecular complexity index is 652. The molecule has 0 aliphatic heterocycles. The monoisotopic (exact) mass is 326 g/mol. The van der Waals surface area contributed by atoms with E-state index in [4.69, 9.17) is 0 Å². The maximum absolute atomic E-state index is 11.8. The molecule has 0 saturated carbocycles. The van der Waals surface area contributed by atoms with Crippen molar-refractivity contribution in [3.63, 3.8) is 0 Å². The zero-order chi connectivity index (χ0) is 17.7. The lowest BCUT2D eigenvalue weighted by Crippen LogP contribution is -2.11. The van der Waals surface area contributed by atoms with E-state index in [1.54, 1.807) is 13.8 Å². The minimum Gasteiger partial charge on any atom is -0.290 e. The molecule has 0 aromatic carbocycles. The van der Waals surface area contributed by atoms with Crippen molar-refractivity contribution in [1.29, 1.82) is 0 Å². The van der Waals surface area contributed by atoms with Crippen molar-refractivity contribution in [2.75, 3.05) is 0 Å². The first-order chi connectivity index (χ1) is 11.4. The van der Waals surface area contributed by atoms with E-state index in [-0.39, 0.29) is 23.1 Å². The number of ketones is 4. The van der Waals surface area contributed by atoms with Gasteiger partial charge in [-0.2, -0.15) is 0 Å². The van der Waals surface area contributed by atoms with Crippen molar-refractivity contribution >= 4 is 23.1 Å². The topological polar surface area (TPSA) is 68.3 Å². The second kappa shape index (κ2) is 7.95. The largest absolute Gasteiger partial charge is 0.290 e. The van der Waals surface area contributed by atoms with Gasteiger partial charge in [0.25, 0.3) is 0 Å². The van der Waals surface area contributed by atoms with Crippen LogP contribution in [0.25, 0.3) is 0 Å². The Labute approximate surface area is 142 Å². The third-order valence-electron chi connectivity index (χ3n) is 4.36. The summed E-state index contributed by atoms with van der Waals surface area (Å²) in [4.78, 5) is 46.7. The van der Waals surface area contributed by atoms with Crippen LogP contribution in [0, 0.1) is 0 Å². The Balaban J connectivity index is 1.68. The molecule has 0 aromatic rings. The Kier molecular flexibility index (Phi) is 5.96. The number of allylic oxidation sites excluding steroid dienone is 8. The number of hydrogen-bond acceptors (Lipinski definition) is 4. The summed E-state index contributed by atoms with van der Waals surface area (Å²) >= 11 is 0. The molecule has 0 N–H and O–H groups in total. The molecular weight excluding hydrogens is 304 g/mol. The smallest absolute Gasteiger partial charge is 0.182 e.